The van der Waals surface area contributed by atoms with E-state index in [9.17, 15) is 19.1 Å². The standard InChI is InChI=1S/C22H21ClFN5O3/c1-4-27-18(11-30)25-28(22(27)32)13-8-9-14-15(10-13)19(12(2)3)26-29(21(14)31)20-16(23)6-5-7-17(20)24/h5-10,12,30H,4,11H2,1-3H3. The van der Waals surface area contributed by atoms with Crippen LogP contribution in [0.4, 0.5) is 4.39 Å². The molecule has 0 atom stereocenters. The lowest BCUT2D eigenvalue weighted by Gasteiger charge is -2.15. The topological polar surface area (TPSA) is 94.9 Å². The first-order valence-corrected chi connectivity index (χ1v) is 10.5. The molecule has 0 saturated heterocycles. The zero-order valence-electron chi connectivity index (χ0n) is 17.7. The first kappa shape index (κ1) is 21.9. The van der Waals surface area contributed by atoms with Gasteiger partial charge >= 0.3 is 5.69 Å². The Hall–Kier alpha value is -3.30. The Kier molecular flexibility index (Phi) is 5.70. The third-order valence-corrected chi connectivity index (χ3v) is 5.55. The third kappa shape index (κ3) is 3.43. The van der Waals surface area contributed by atoms with Gasteiger partial charge in [-0.2, -0.15) is 14.5 Å². The van der Waals surface area contributed by atoms with Crippen LogP contribution < -0.4 is 11.2 Å². The summed E-state index contributed by atoms with van der Waals surface area (Å²) in [7, 11) is 0. The quantitative estimate of drug-likeness (QED) is 0.496. The number of hydrogen-bond donors (Lipinski definition) is 1. The van der Waals surface area contributed by atoms with E-state index < -0.39 is 17.1 Å². The van der Waals surface area contributed by atoms with E-state index >= 15 is 0 Å². The predicted octanol–water partition coefficient (Wildman–Crippen LogP) is 3.16. The maximum Gasteiger partial charge on any atom is 0.350 e. The van der Waals surface area contributed by atoms with E-state index in [4.69, 9.17) is 11.6 Å². The van der Waals surface area contributed by atoms with Crippen molar-refractivity contribution >= 4 is 22.4 Å². The van der Waals surface area contributed by atoms with Crippen molar-refractivity contribution in [3.8, 4) is 11.4 Å². The minimum atomic E-state index is -0.661. The van der Waals surface area contributed by atoms with Crippen LogP contribution in [-0.4, -0.2) is 29.2 Å². The number of para-hydroxylation sites is 1. The fourth-order valence-electron chi connectivity index (χ4n) is 3.69. The fourth-order valence-corrected chi connectivity index (χ4v) is 3.94. The van der Waals surface area contributed by atoms with Gasteiger partial charge in [-0.3, -0.25) is 9.36 Å². The summed E-state index contributed by atoms with van der Waals surface area (Å²) in [5, 5.41) is 19.0. The van der Waals surface area contributed by atoms with Gasteiger partial charge in [-0.15, -0.1) is 5.10 Å². The largest absolute Gasteiger partial charge is 0.388 e. The minimum absolute atomic E-state index is 0.0680. The number of halogens is 2. The molecule has 0 aliphatic rings. The number of hydrogen-bond acceptors (Lipinski definition) is 5. The van der Waals surface area contributed by atoms with Crippen LogP contribution in [0.1, 0.15) is 38.2 Å². The van der Waals surface area contributed by atoms with Gasteiger partial charge < -0.3 is 5.11 Å². The van der Waals surface area contributed by atoms with Crippen molar-refractivity contribution in [1.82, 2.24) is 24.1 Å². The Labute approximate surface area is 187 Å². The molecule has 2 aromatic carbocycles. The molecule has 0 unspecified atom stereocenters. The first-order chi connectivity index (χ1) is 15.3. The number of aliphatic hydroxyl groups is 1. The SMILES string of the molecule is CCn1c(CO)nn(-c2ccc3c(=O)n(-c4c(F)cccc4Cl)nc(C(C)C)c3c2)c1=O. The van der Waals surface area contributed by atoms with Crippen LogP contribution in [0, 0.1) is 5.82 Å². The van der Waals surface area contributed by atoms with Gasteiger partial charge in [0.05, 0.1) is 21.8 Å². The van der Waals surface area contributed by atoms with E-state index in [2.05, 4.69) is 10.2 Å². The second kappa shape index (κ2) is 8.33. The number of rotatable bonds is 5. The summed E-state index contributed by atoms with van der Waals surface area (Å²) >= 11 is 6.18. The van der Waals surface area contributed by atoms with Crippen molar-refractivity contribution < 1.29 is 9.50 Å². The number of aliphatic hydroxyl groups excluding tert-OH is 1. The van der Waals surface area contributed by atoms with Crippen LogP contribution in [-0.2, 0) is 13.2 Å². The Bertz CT molecular complexity index is 1430. The second-order valence-corrected chi connectivity index (χ2v) is 7.98. The fraction of sp³-hybridized carbons (Fsp3) is 0.273. The summed E-state index contributed by atoms with van der Waals surface area (Å²) in [5.41, 5.74) is -0.0929. The van der Waals surface area contributed by atoms with Gasteiger partial charge in [-0.25, -0.2) is 9.18 Å². The highest BCUT2D eigenvalue weighted by molar-refractivity contribution is 6.32. The summed E-state index contributed by atoms with van der Waals surface area (Å²) in [4.78, 5) is 26.0. The van der Waals surface area contributed by atoms with Crippen LogP contribution >= 0.6 is 11.6 Å². The molecule has 10 heteroatoms. The summed E-state index contributed by atoms with van der Waals surface area (Å²) in [6.07, 6.45) is 0. The van der Waals surface area contributed by atoms with Crippen LogP contribution in [0.25, 0.3) is 22.1 Å². The Morgan fingerprint density at radius 1 is 1.09 bits per heavy atom. The van der Waals surface area contributed by atoms with E-state index in [1.165, 1.54) is 27.4 Å². The number of benzene rings is 2. The molecular formula is C22H21ClFN5O3. The van der Waals surface area contributed by atoms with Crippen molar-refractivity contribution in [1.29, 1.82) is 0 Å². The highest BCUT2D eigenvalue weighted by atomic mass is 35.5. The van der Waals surface area contributed by atoms with Crippen LogP contribution in [0.5, 0.6) is 0 Å². The summed E-state index contributed by atoms with van der Waals surface area (Å²) in [6.45, 7) is 5.55. The van der Waals surface area contributed by atoms with Gasteiger partial charge in [-0.1, -0.05) is 31.5 Å². The van der Waals surface area contributed by atoms with Crippen molar-refractivity contribution in [2.45, 2.75) is 39.8 Å². The molecule has 32 heavy (non-hydrogen) atoms. The van der Waals surface area contributed by atoms with E-state index in [1.54, 1.807) is 25.1 Å². The van der Waals surface area contributed by atoms with Gasteiger partial charge in [0.2, 0.25) is 0 Å². The molecule has 0 aliphatic heterocycles. The summed E-state index contributed by atoms with van der Waals surface area (Å²) in [6, 6.07) is 8.95. The third-order valence-electron chi connectivity index (χ3n) is 5.25. The highest BCUT2D eigenvalue weighted by Crippen LogP contribution is 2.27. The van der Waals surface area contributed by atoms with Crippen molar-refractivity contribution in [3.05, 3.63) is 79.6 Å². The highest BCUT2D eigenvalue weighted by Gasteiger charge is 2.20. The van der Waals surface area contributed by atoms with Crippen molar-refractivity contribution in [3.63, 3.8) is 0 Å². The van der Waals surface area contributed by atoms with Gasteiger partial charge in [0.1, 0.15) is 12.3 Å². The maximum atomic E-state index is 14.5. The Morgan fingerprint density at radius 3 is 2.44 bits per heavy atom. The molecule has 0 amide bonds. The van der Waals surface area contributed by atoms with Crippen molar-refractivity contribution in [2.24, 2.45) is 0 Å². The molecule has 0 saturated carbocycles. The number of nitrogens with zero attached hydrogens (tertiary/aromatic N) is 5. The molecule has 2 heterocycles. The molecule has 2 aromatic heterocycles. The normalized spacial score (nSPS) is 11.6. The molecular weight excluding hydrogens is 437 g/mol. The van der Waals surface area contributed by atoms with Gasteiger partial charge in [0.25, 0.3) is 5.56 Å². The molecule has 4 rings (SSSR count). The summed E-state index contributed by atoms with van der Waals surface area (Å²) in [5.74, 6) is -0.543. The number of fused-ring (bicyclic) bond motifs is 1. The van der Waals surface area contributed by atoms with Gasteiger partial charge in [0, 0.05) is 11.9 Å². The molecule has 8 nitrogen and oxygen atoms in total. The van der Waals surface area contributed by atoms with Gasteiger partial charge in [0.15, 0.2) is 11.6 Å². The second-order valence-electron chi connectivity index (χ2n) is 7.57. The lowest BCUT2D eigenvalue weighted by molar-refractivity contribution is 0.264. The molecule has 1 N–H and O–H groups in total. The molecule has 0 fully saturated rings. The van der Waals surface area contributed by atoms with Gasteiger partial charge in [-0.05, 0) is 43.2 Å². The molecule has 166 valence electrons. The zero-order valence-corrected chi connectivity index (χ0v) is 18.5. The monoisotopic (exact) mass is 457 g/mol. The van der Waals surface area contributed by atoms with E-state index in [0.29, 0.717) is 28.7 Å². The zero-order chi connectivity index (χ0) is 23.2. The molecule has 0 bridgehead atoms. The van der Waals surface area contributed by atoms with Crippen LogP contribution in [0.2, 0.25) is 5.02 Å². The van der Waals surface area contributed by atoms with E-state index in [-0.39, 0.29) is 29.1 Å². The molecule has 4 aromatic rings. The van der Waals surface area contributed by atoms with Crippen molar-refractivity contribution in [2.75, 3.05) is 0 Å². The average molecular weight is 458 g/mol. The molecule has 0 radical (unpaired) electrons. The Morgan fingerprint density at radius 2 is 1.84 bits per heavy atom. The van der Waals surface area contributed by atoms with E-state index in [1.807, 2.05) is 13.8 Å². The van der Waals surface area contributed by atoms with Crippen LogP contribution in [0.15, 0.2) is 46.0 Å². The molecule has 0 spiro atoms. The Balaban J connectivity index is 2.02. The summed E-state index contributed by atoms with van der Waals surface area (Å²) < 4.78 is 18.1. The smallest absolute Gasteiger partial charge is 0.350 e. The first-order valence-electron chi connectivity index (χ1n) is 10.1. The average Bonchev–Trinajstić information content (AvgIpc) is 3.09. The minimum Gasteiger partial charge on any atom is -0.388 e. The predicted molar refractivity (Wildman–Crippen MR) is 119 cm³/mol. The van der Waals surface area contributed by atoms with E-state index in [0.717, 1.165) is 4.68 Å². The lowest BCUT2D eigenvalue weighted by Crippen LogP contribution is -2.26. The molecule has 0 aliphatic carbocycles. The lowest BCUT2D eigenvalue weighted by atomic mass is 10.0. The van der Waals surface area contributed by atoms with Crippen LogP contribution in [0.3, 0.4) is 0 Å². The number of aromatic nitrogens is 5. The maximum absolute atomic E-state index is 14.5.